The van der Waals surface area contributed by atoms with Gasteiger partial charge in [0.2, 0.25) is 0 Å². The summed E-state index contributed by atoms with van der Waals surface area (Å²) in [4.78, 5) is 0. The second kappa shape index (κ2) is 3.88. The summed E-state index contributed by atoms with van der Waals surface area (Å²) in [6, 6.07) is 3.55. The van der Waals surface area contributed by atoms with Gasteiger partial charge in [0, 0.05) is 0 Å². The molecule has 0 bridgehead atoms. The molecule has 0 spiro atoms. The van der Waals surface area contributed by atoms with E-state index in [-0.39, 0.29) is 11.7 Å². The molecule has 2 N–H and O–H groups in total. The molecule has 1 nitrogen and oxygen atoms in total. The standard InChI is InChI=1S/C11H16FN/c1-7-4-8(2)11(9(3)6-13)10(12)5-7/h4-5,9H,6,13H2,1-3H3. The maximum Gasteiger partial charge on any atom is 0.127 e. The van der Waals surface area contributed by atoms with Crippen molar-refractivity contribution < 1.29 is 4.39 Å². The fourth-order valence-corrected chi connectivity index (χ4v) is 1.67. The molecule has 0 radical (unpaired) electrons. The molecule has 1 unspecified atom stereocenters. The van der Waals surface area contributed by atoms with Crippen LogP contribution in [0.1, 0.15) is 29.5 Å². The molecular formula is C11H16FN. The van der Waals surface area contributed by atoms with Crippen LogP contribution in [0.2, 0.25) is 0 Å². The Balaban J connectivity index is 3.20. The number of hydrogen-bond donors (Lipinski definition) is 1. The topological polar surface area (TPSA) is 26.0 Å². The molecule has 0 aliphatic heterocycles. The predicted molar refractivity (Wildman–Crippen MR) is 53.3 cm³/mol. The van der Waals surface area contributed by atoms with Gasteiger partial charge in [0.25, 0.3) is 0 Å². The first-order valence-electron chi connectivity index (χ1n) is 4.53. The Morgan fingerprint density at radius 1 is 1.38 bits per heavy atom. The van der Waals surface area contributed by atoms with Gasteiger partial charge >= 0.3 is 0 Å². The number of halogens is 1. The molecule has 0 aliphatic carbocycles. The van der Waals surface area contributed by atoms with E-state index < -0.39 is 0 Å². The molecule has 1 rings (SSSR count). The van der Waals surface area contributed by atoms with Crippen LogP contribution in [0.5, 0.6) is 0 Å². The minimum absolute atomic E-state index is 0.0978. The largest absolute Gasteiger partial charge is 0.330 e. The fraction of sp³-hybridized carbons (Fsp3) is 0.455. The lowest BCUT2D eigenvalue weighted by Gasteiger charge is -2.14. The highest BCUT2D eigenvalue weighted by atomic mass is 19.1. The second-order valence-corrected chi connectivity index (χ2v) is 3.61. The molecule has 0 aliphatic rings. The van der Waals surface area contributed by atoms with Crippen LogP contribution in [-0.4, -0.2) is 6.54 Å². The molecule has 0 saturated carbocycles. The van der Waals surface area contributed by atoms with Gasteiger partial charge in [-0.3, -0.25) is 0 Å². The highest BCUT2D eigenvalue weighted by Gasteiger charge is 2.12. The number of aryl methyl sites for hydroxylation is 2. The predicted octanol–water partition coefficient (Wildman–Crippen LogP) is 2.50. The summed E-state index contributed by atoms with van der Waals surface area (Å²) in [5, 5.41) is 0. The SMILES string of the molecule is Cc1cc(C)c(C(C)CN)c(F)c1. The van der Waals surface area contributed by atoms with Gasteiger partial charge < -0.3 is 5.73 Å². The van der Waals surface area contributed by atoms with E-state index in [1.54, 1.807) is 6.07 Å². The molecule has 13 heavy (non-hydrogen) atoms. The maximum atomic E-state index is 13.5. The van der Waals surface area contributed by atoms with Gasteiger partial charge in [0.05, 0.1) is 0 Å². The van der Waals surface area contributed by atoms with E-state index in [0.29, 0.717) is 6.54 Å². The summed E-state index contributed by atoms with van der Waals surface area (Å²) < 4.78 is 13.5. The maximum absolute atomic E-state index is 13.5. The van der Waals surface area contributed by atoms with Gasteiger partial charge in [-0.2, -0.15) is 0 Å². The minimum atomic E-state index is -0.129. The summed E-state index contributed by atoms with van der Waals surface area (Å²) in [5.41, 5.74) is 8.23. The molecule has 2 heteroatoms. The third-order valence-corrected chi connectivity index (χ3v) is 2.33. The molecule has 1 atom stereocenters. The fourth-order valence-electron chi connectivity index (χ4n) is 1.67. The number of benzene rings is 1. The normalized spacial score (nSPS) is 13.0. The summed E-state index contributed by atoms with van der Waals surface area (Å²) >= 11 is 0. The van der Waals surface area contributed by atoms with Gasteiger partial charge in [-0.15, -0.1) is 0 Å². The molecule has 0 saturated heterocycles. The minimum Gasteiger partial charge on any atom is -0.330 e. The van der Waals surface area contributed by atoms with E-state index in [2.05, 4.69) is 0 Å². The third kappa shape index (κ3) is 2.07. The molecule has 72 valence electrons. The average molecular weight is 181 g/mol. The molecule has 0 heterocycles. The van der Waals surface area contributed by atoms with Gasteiger partial charge in [-0.25, -0.2) is 4.39 Å². The van der Waals surface area contributed by atoms with Crippen LogP contribution >= 0.6 is 0 Å². The Morgan fingerprint density at radius 3 is 2.46 bits per heavy atom. The third-order valence-electron chi connectivity index (χ3n) is 2.33. The van der Waals surface area contributed by atoms with Crippen molar-refractivity contribution in [2.75, 3.05) is 6.54 Å². The Hall–Kier alpha value is -0.890. The van der Waals surface area contributed by atoms with Gasteiger partial charge in [0.15, 0.2) is 0 Å². The van der Waals surface area contributed by atoms with Crippen molar-refractivity contribution in [2.45, 2.75) is 26.7 Å². The Morgan fingerprint density at radius 2 is 2.00 bits per heavy atom. The summed E-state index contributed by atoms with van der Waals surface area (Å²) in [5.74, 6) is -0.0314. The lowest BCUT2D eigenvalue weighted by molar-refractivity contribution is 0.587. The van der Waals surface area contributed by atoms with E-state index in [1.165, 1.54) is 0 Å². The van der Waals surface area contributed by atoms with Crippen LogP contribution in [0.3, 0.4) is 0 Å². The lowest BCUT2D eigenvalue weighted by Crippen LogP contribution is -2.12. The number of hydrogen-bond acceptors (Lipinski definition) is 1. The number of nitrogens with two attached hydrogens (primary N) is 1. The first-order valence-corrected chi connectivity index (χ1v) is 4.53. The molecule has 1 aromatic carbocycles. The van der Waals surface area contributed by atoms with Crippen molar-refractivity contribution in [1.29, 1.82) is 0 Å². The first-order chi connectivity index (χ1) is 6.06. The summed E-state index contributed by atoms with van der Waals surface area (Å²) in [7, 11) is 0. The summed E-state index contributed by atoms with van der Waals surface area (Å²) in [6.45, 7) is 6.26. The Bertz CT molecular complexity index is 284. The van der Waals surface area contributed by atoms with Crippen molar-refractivity contribution in [3.63, 3.8) is 0 Å². The van der Waals surface area contributed by atoms with Gasteiger partial charge in [0.1, 0.15) is 5.82 Å². The van der Waals surface area contributed by atoms with E-state index >= 15 is 0 Å². The van der Waals surface area contributed by atoms with Crippen LogP contribution in [0, 0.1) is 19.7 Å². The van der Waals surface area contributed by atoms with Crippen LogP contribution in [0.15, 0.2) is 12.1 Å². The van der Waals surface area contributed by atoms with E-state index in [4.69, 9.17) is 5.73 Å². The zero-order valence-corrected chi connectivity index (χ0v) is 8.39. The average Bonchev–Trinajstić information content (AvgIpc) is 2.02. The van der Waals surface area contributed by atoms with Crippen LogP contribution < -0.4 is 5.73 Å². The van der Waals surface area contributed by atoms with Crippen LogP contribution in [0.25, 0.3) is 0 Å². The zero-order valence-electron chi connectivity index (χ0n) is 8.39. The monoisotopic (exact) mass is 181 g/mol. The smallest absolute Gasteiger partial charge is 0.127 e. The lowest BCUT2D eigenvalue weighted by atomic mass is 9.94. The van der Waals surface area contributed by atoms with Crippen molar-refractivity contribution >= 4 is 0 Å². The van der Waals surface area contributed by atoms with Gasteiger partial charge in [-0.05, 0) is 49.1 Å². The number of rotatable bonds is 2. The van der Waals surface area contributed by atoms with E-state index in [9.17, 15) is 4.39 Å². The highest BCUT2D eigenvalue weighted by Crippen LogP contribution is 2.23. The second-order valence-electron chi connectivity index (χ2n) is 3.61. The van der Waals surface area contributed by atoms with E-state index in [0.717, 1.165) is 16.7 Å². The Kier molecular flexibility index (Phi) is 3.04. The first kappa shape index (κ1) is 10.2. The summed E-state index contributed by atoms with van der Waals surface area (Å²) in [6.07, 6.45) is 0. The van der Waals surface area contributed by atoms with Crippen molar-refractivity contribution in [2.24, 2.45) is 5.73 Å². The zero-order chi connectivity index (χ0) is 10.0. The highest BCUT2D eigenvalue weighted by molar-refractivity contribution is 5.34. The Labute approximate surface area is 78.8 Å². The quantitative estimate of drug-likeness (QED) is 0.745. The van der Waals surface area contributed by atoms with E-state index in [1.807, 2.05) is 26.8 Å². The molecule has 0 amide bonds. The van der Waals surface area contributed by atoms with Crippen molar-refractivity contribution in [3.8, 4) is 0 Å². The van der Waals surface area contributed by atoms with Crippen LogP contribution in [-0.2, 0) is 0 Å². The van der Waals surface area contributed by atoms with Crippen LogP contribution in [0.4, 0.5) is 4.39 Å². The molecular weight excluding hydrogens is 165 g/mol. The molecule has 0 fully saturated rings. The van der Waals surface area contributed by atoms with Crippen molar-refractivity contribution in [3.05, 3.63) is 34.6 Å². The van der Waals surface area contributed by atoms with Crippen molar-refractivity contribution in [1.82, 2.24) is 0 Å². The molecule has 0 aromatic heterocycles. The molecule has 1 aromatic rings. The van der Waals surface area contributed by atoms with Gasteiger partial charge in [-0.1, -0.05) is 13.0 Å².